The van der Waals surface area contributed by atoms with Crippen LogP contribution in [-0.4, -0.2) is 40.1 Å². The van der Waals surface area contributed by atoms with Gasteiger partial charge in [0.05, 0.1) is 6.42 Å². The molecule has 2 unspecified atom stereocenters. The number of rotatable bonds is 4. The van der Waals surface area contributed by atoms with Gasteiger partial charge in [0.25, 0.3) is 0 Å². The van der Waals surface area contributed by atoms with Gasteiger partial charge < -0.3 is 5.11 Å². The number of hydrogen-bond acceptors (Lipinski definition) is 3. The van der Waals surface area contributed by atoms with Gasteiger partial charge in [-0.1, -0.05) is 33.6 Å². The average molecular weight is 379 g/mol. The molecule has 1 aliphatic heterocycles. The Morgan fingerprint density at radius 2 is 2.40 bits per heavy atom. The molecular weight excluding hydrogens is 362 g/mol. The second-order valence-electron chi connectivity index (χ2n) is 4.91. The Morgan fingerprint density at radius 3 is 3.05 bits per heavy atom. The van der Waals surface area contributed by atoms with Gasteiger partial charge in [0.1, 0.15) is 0 Å². The summed E-state index contributed by atoms with van der Waals surface area (Å²) in [4.78, 5) is 13.3. The first-order valence-electron chi connectivity index (χ1n) is 6.49. The standard InChI is InChI=1S/C14H17BrClNO2S/c1-9(12-3-2-10(15)6-13(12)16)17-4-5-20-8-11(17)7-14(18)19/h2-3,6,9,11H,4-5,7-8H2,1H3,(H,18,19). The number of benzene rings is 1. The van der Waals surface area contributed by atoms with E-state index in [0.717, 1.165) is 33.1 Å². The molecule has 0 saturated carbocycles. The molecule has 1 fully saturated rings. The topological polar surface area (TPSA) is 40.5 Å². The number of halogens is 2. The van der Waals surface area contributed by atoms with Crippen molar-refractivity contribution < 1.29 is 9.90 Å². The number of thioether (sulfide) groups is 1. The van der Waals surface area contributed by atoms with Gasteiger partial charge in [0, 0.05) is 39.6 Å². The molecule has 1 saturated heterocycles. The van der Waals surface area contributed by atoms with E-state index in [1.54, 1.807) is 0 Å². The van der Waals surface area contributed by atoms with E-state index >= 15 is 0 Å². The minimum atomic E-state index is -0.739. The van der Waals surface area contributed by atoms with E-state index < -0.39 is 5.97 Å². The summed E-state index contributed by atoms with van der Waals surface area (Å²) >= 11 is 11.5. The number of nitrogens with zero attached hydrogens (tertiary/aromatic N) is 1. The lowest BCUT2D eigenvalue weighted by Crippen LogP contribution is -2.44. The summed E-state index contributed by atoms with van der Waals surface area (Å²) in [5, 5.41) is 9.78. The van der Waals surface area contributed by atoms with Crippen LogP contribution in [0.4, 0.5) is 0 Å². The van der Waals surface area contributed by atoms with E-state index in [-0.39, 0.29) is 18.5 Å². The normalized spacial score (nSPS) is 21.6. The van der Waals surface area contributed by atoms with E-state index in [2.05, 4.69) is 27.8 Å². The lowest BCUT2D eigenvalue weighted by Gasteiger charge is -2.39. The van der Waals surface area contributed by atoms with Crippen LogP contribution in [-0.2, 0) is 4.79 Å². The summed E-state index contributed by atoms with van der Waals surface area (Å²) in [6.07, 6.45) is 0.186. The molecule has 1 aromatic carbocycles. The van der Waals surface area contributed by atoms with Crippen molar-refractivity contribution >= 4 is 45.3 Å². The molecule has 3 nitrogen and oxygen atoms in total. The maximum atomic E-state index is 11.0. The summed E-state index contributed by atoms with van der Waals surface area (Å²) in [5.74, 6) is 1.16. The van der Waals surface area contributed by atoms with Crippen molar-refractivity contribution in [3.8, 4) is 0 Å². The smallest absolute Gasteiger partial charge is 0.304 e. The van der Waals surface area contributed by atoms with Gasteiger partial charge in [-0.25, -0.2) is 0 Å². The summed E-state index contributed by atoms with van der Waals surface area (Å²) in [6, 6.07) is 6.07. The van der Waals surface area contributed by atoms with Gasteiger partial charge in [-0.2, -0.15) is 11.8 Å². The molecular formula is C14H17BrClNO2S. The Hall–Kier alpha value is -0.230. The highest BCUT2D eigenvalue weighted by atomic mass is 79.9. The Bertz CT molecular complexity index is 500. The van der Waals surface area contributed by atoms with E-state index in [9.17, 15) is 4.79 Å². The number of carbonyl (C=O) groups is 1. The Kier molecular flexibility index (Phi) is 5.78. The number of aliphatic carboxylic acids is 1. The van der Waals surface area contributed by atoms with Crippen molar-refractivity contribution in [1.29, 1.82) is 0 Å². The molecule has 1 heterocycles. The maximum absolute atomic E-state index is 11.0. The van der Waals surface area contributed by atoms with Gasteiger partial charge >= 0.3 is 5.97 Å². The molecule has 0 aromatic heterocycles. The summed E-state index contributed by atoms with van der Waals surface area (Å²) in [5.41, 5.74) is 1.05. The Labute approximate surface area is 136 Å². The van der Waals surface area contributed by atoms with Crippen LogP contribution in [0.1, 0.15) is 24.9 Å². The molecule has 2 atom stereocenters. The first-order valence-corrected chi connectivity index (χ1v) is 8.82. The van der Waals surface area contributed by atoms with Gasteiger partial charge in [0.15, 0.2) is 0 Å². The fourth-order valence-corrected chi connectivity index (χ4v) is 4.49. The van der Waals surface area contributed by atoms with E-state index in [4.69, 9.17) is 16.7 Å². The molecule has 1 aromatic rings. The Balaban J connectivity index is 2.20. The van der Waals surface area contributed by atoms with E-state index in [1.807, 2.05) is 30.0 Å². The van der Waals surface area contributed by atoms with E-state index in [1.165, 1.54) is 0 Å². The highest BCUT2D eigenvalue weighted by Crippen LogP contribution is 2.33. The van der Waals surface area contributed by atoms with E-state index in [0.29, 0.717) is 0 Å². The molecule has 0 amide bonds. The molecule has 6 heteroatoms. The minimum absolute atomic E-state index is 0.0703. The average Bonchev–Trinajstić information content (AvgIpc) is 2.38. The zero-order chi connectivity index (χ0) is 14.7. The second kappa shape index (κ2) is 7.16. The molecule has 2 rings (SSSR count). The predicted octanol–water partition coefficient (Wildman–Crippen LogP) is 4.06. The molecule has 0 aliphatic carbocycles. The largest absolute Gasteiger partial charge is 0.481 e. The van der Waals surface area contributed by atoms with Gasteiger partial charge in [0.2, 0.25) is 0 Å². The Morgan fingerprint density at radius 1 is 1.65 bits per heavy atom. The zero-order valence-electron chi connectivity index (χ0n) is 11.2. The first kappa shape index (κ1) is 16.1. The summed E-state index contributed by atoms with van der Waals surface area (Å²) in [7, 11) is 0. The van der Waals surface area contributed by atoms with Crippen molar-refractivity contribution in [2.24, 2.45) is 0 Å². The van der Waals surface area contributed by atoms with Crippen LogP contribution in [0.3, 0.4) is 0 Å². The zero-order valence-corrected chi connectivity index (χ0v) is 14.3. The number of hydrogen-bond donors (Lipinski definition) is 1. The number of carboxylic acids is 1. The predicted molar refractivity (Wildman–Crippen MR) is 87.6 cm³/mol. The second-order valence-corrected chi connectivity index (χ2v) is 7.38. The van der Waals surface area contributed by atoms with Crippen molar-refractivity contribution in [3.63, 3.8) is 0 Å². The molecule has 110 valence electrons. The van der Waals surface area contributed by atoms with Gasteiger partial charge in [-0.05, 0) is 24.6 Å². The fraction of sp³-hybridized carbons (Fsp3) is 0.500. The van der Waals surface area contributed by atoms with Crippen LogP contribution in [0, 0.1) is 0 Å². The first-order chi connectivity index (χ1) is 9.49. The van der Waals surface area contributed by atoms with Crippen molar-refractivity contribution in [1.82, 2.24) is 4.90 Å². The van der Waals surface area contributed by atoms with Gasteiger partial charge in [-0.3, -0.25) is 9.69 Å². The van der Waals surface area contributed by atoms with Crippen LogP contribution in [0.15, 0.2) is 22.7 Å². The molecule has 0 spiro atoms. The summed E-state index contributed by atoms with van der Waals surface area (Å²) < 4.78 is 0.953. The lowest BCUT2D eigenvalue weighted by atomic mass is 10.0. The quantitative estimate of drug-likeness (QED) is 0.858. The van der Waals surface area contributed by atoms with Gasteiger partial charge in [-0.15, -0.1) is 0 Å². The SMILES string of the molecule is CC(c1ccc(Br)cc1Cl)N1CCSCC1CC(=O)O. The maximum Gasteiger partial charge on any atom is 0.304 e. The van der Waals surface area contributed by atoms with Crippen LogP contribution in [0.25, 0.3) is 0 Å². The van der Waals surface area contributed by atoms with Crippen molar-refractivity contribution in [2.45, 2.75) is 25.4 Å². The van der Waals surface area contributed by atoms with Crippen LogP contribution >= 0.6 is 39.3 Å². The molecule has 0 radical (unpaired) electrons. The highest BCUT2D eigenvalue weighted by Gasteiger charge is 2.30. The van der Waals surface area contributed by atoms with Crippen molar-refractivity contribution in [3.05, 3.63) is 33.3 Å². The van der Waals surface area contributed by atoms with Crippen LogP contribution in [0.2, 0.25) is 5.02 Å². The highest BCUT2D eigenvalue weighted by molar-refractivity contribution is 9.10. The third-order valence-corrected chi connectivity index (χ3v) is 5.51. The third kappa shape index (κ3) is 3.91. The monoisotopic (exact) mass is 377 g/mol. The minimum Gasteiger partial charge on any atom is -0.481 e. The van der Waals surface area contributed by atoms with Crippen LogP contribution in [0.5, 0.6) is 0 Å². The molecule has 20 heavy (non-hydrogen) atoms. The fourth-order valence-electron chi connectivity index (χ4n) is 2.57. The summed E-state index contributed by atoms with van der Waals surface area (Å²) in [6.45, 7) is 3.00. The molecule has 1 aliphatic rings. The van der Waals surface area contributed by atoms with Crippen molar-refractivity contribution in [2.75, 3.05) is 18.1 Å². The molecule has 0 bridgehead atoms. The number of carboxylic acid groups (broad SMARTS) is 1. The lowest BCUT2D eigenvalue weighted by molar-refractivity contribution is -0.138. The third-order valence-electron chi connectivity index (χ3n) is 3.59. The van der Waals surface area contributed by atoms with Crippen LogP contribution < -0.4 is 0 Å². The molecule has 1 N–H and O–H groups in total.